The van der Waals surface area contributed by atoms with Crippen molar-refractivity contribution in [1.29, 1.82) is 0 Å². The van der Waals surface area contributed by atoms with E-state index >= 15 is 0 Å². The Morgan fingerprint density at radius 1 is 0.462 bits per heavy atom. The molecule has 0 radical (unpaired) electrons. The van der Waals surface area contributed by atoms with Crippen molar-refractivity contribution in [3.8, 4) is 0 Å². The molecule has 52 heavy (non-hydrogen) atoms. The summed E-state index contributed by atoms with van der Waals surface area (Å²) in [5.74, 6) is 9.34. The lowest BCUT2D eigenvalue weighted by Gasteiger charge is -2.52. The van der Waals surface area contributed by atoms with Crippen molar-refractivity contribution in [2.75, 3.05) is 26.2 Å². The number of nitrogens with one attached hydrogen (secondary N) is 2. The largest absolute Gasteiger partial charge is 0.338 e. The number of urea groups is 1. The highest BCUT2D eigenvalue weighted by Gasteiger charge is 2.43. The van der Waals surface area contributed by atoms with E-state index in [-0.39, 0.29) is 6.03 Å². The summed E-state index contributed by atoms with van der Waals surface area (Å²) < 4.78 is 0. The molecule has 0 spiro atoms. The van der Waals surface area contributed by atoms with Crippen LogP contribution >= 0.6 is 0 Å². The number of rotatable bonds is 16. The smallest absolute Gasteiger partial charge is 0.314 e. The van der Waals surface area contributed by atoms with Gasteiger partial charge in [0.25, 0.3) is 0 Å². The Morgan fingerprint density at radius 2 is 0.712 bits per heavy atom. The topological polar surface area (TPSA) is 47.6 Å². The summed E-state index contributed by atoms with van der Waals surface area (Å²) in [7, 11) is 0. The van der Waals surface area contributed by atoms with Crippen LogP contribution in [-0.4, -0.2) is 66.2 Å². The third-order valence-electron chi connectivity index (χ3n) is 15.4. The first kappa shape index (κ1) is 43.9. The first-order valence-electron chi connectivity index (χ1n) is 23.2. The Bertz CT molecular complexity index is 885. The van der Waals surface area contributed by atoms with Crippen LogP contribution in [0.1, 0.15) is 173 Å². The summed E-state index contributed by atoms with van der Waals surface area (Å²) in [5, 5.41) is 6.62. The molecule has 0 aliphatic heterocycles. The van der Waals surface area contributed by atoms with Crippen LogP contribution in [0.15, 0.2) is 0 Å². The van der Waals surface area contributed by atoms with Crippen LogP contribution in [0.4, 0.5) is 4.79 Å². The van der Waals surface area contributed by atoms with Crippen molar-refractivity contribution in [1.82, 2.24) is 20.4 Å². The van der Waals surface area contributed by atoms with E-state index in [0.29, 0.717) is 24.2 Å². The van der Waals surface area contributed by atoms with E-state index in [2.05, 4.69) is 104 Å². The van der Waals surface area contributed by atoms with Gasteiger partial charge in [-0.05, 0) is 135 Å². The maximum atomic E-state index is 13.2. The Kier molecular flexibility index (Phi) is 17.7. The van der Waals surface area contributed by atoms with E-state index < -0.39 is 0 Å². The number of amides is 2. The molecule has 12 atom stereocenters. The van der Waals surface area contributed by atoms with Crippen molar-refractivity contribution >= 4 is 6.03 Å². The molecule has 12 unspecified atom stereocenters. The Labute approximate surface area is 324 Å². The molecule has 0 aromatic heterocycles. The summed E-state index contributed by atoms with van der Waals surface area (Å²) in [5.41, 5.74) is 0. The van der Waals surface area contributed by atoms with Gasteiger partial charge >= 0.3 is 6.03 Å². The highest BCUT2D eigenvalue weighted by Crippen LogP contribution is 2.44. The van der Waals surface area contributed by atoms with Crippen molar-refractivity contribution < 1.29 is 4.79 Å². The van der Waals surface area contributed by atoms with E-state index in [1.807, 2.05) is 0 Å². The molecule has 0 aromatic carbocycles. The van der Waals surface area contributed by atoms with Crippen LogP contribution in [0.25, 0.3) is 0 Å². The summed E-state index contributed by atoms with van der Waals surface area (Å²) >= 11 is 0. The van der Waals surface area contributed by atoms with E-state index in [9.17, 15) is 4.79 Å². The second-order valence-corrected chi connectivity index (χ2v) is 20.9. The molecule has 0 aromatic rings. The van der Waals surface area contributed by atoms with Gasteiger partial charge in [-0.3, -0.25) is 9.80 Å². The molecular weight excluding hydrogens is 637 g/mol. The molecule has 4 saturated carbocycles. The lowest BCUT2D eigenvalue weighted by Crippen LogP contribution is -2.55. The maximum Gasteiger partial charge on any atom is 0.314 e. The molecule has 4 aliphatic rings. The molecule has 4 aliphatic carbocycles. The van der Waals surface area contributed by atoms with Gasteiger partial charge in [0.2, 0.25) is 0 Å². The molecule has 4 fully saturated rings. The average Bonchev–Trinajstić information content (AvgIpc) is 3.07. The summed E-state index contributed by atoms with van der Waals surface area (Å²) in [6.07, 6.45) is 18.5. The van der Waals surface area contributed by atoms with Gasteiger partial charge in [-0.25, -0.2) is 4.79 Å². The third-order valence-corrected chi connectivity index (χ3v) is 15.4. The predicted molar refractivity (Wildman–Crippen MR) is 225 cm³/mol. The van der Waals surface area contributed by atoms with Gasteiger partial charge in [-0.1, -0.05) is 109 Å². The highest BCUT2D eigenvalue weighted by atomic mass is 16.2. The molecule has 5 nitrogen and oxygen atoms in total. The molecule has 2 amide bonds. The zero-order valence-corrected chi connectivity index (χ0v) is 36.8. The molecule has 5 heteroatoms. The molecular formula is C47H90N4O. The highest BCUT2D eigenvalue weighted by molar-refractivity contribution is 5.73. The Hall–Kier alpha value is -0.810. The molecule has 0 heterocycles. The Morgan fingerprint density at radius 3 is 0.942 bits per heavy atom. The van der Waals surface area contributed by atoms with Gasteiger partial charge in [-0.2, -0.15) is 0 Å². The van der Waals surface area contributed by atoms with Crippen LogP contribution in [0, 0.1) is 71.0 Å². The molecule has 0 bridgehead atoms. The lowest BCUT2D eigenvalue weighted by atomic mass is 9.69. The van der Waals surface area contributed by atoms with Crippen LogP contribution in [0.5, 0.6) is 0 Å². The van der Waals surface area contributed by atoms with Gasteiger partial charge in [-0.15, -0.1) is 0 Å². The van der Waals surface area contributed by atoms with E-state index in [4.69, 9.17) is 0 Å². The SMILES string of the molecule is CC1CCC(C(C)C)C(N(CCCNC(=O)NCCCN(C2CC(C)CCC2C(C)C)C2CC(C)CCC2C(C)C)C2CC(C)CCC2C(C)C)C1. The predicted octanol–water partition coefficient (Wildman–Crippen LogP) is 11.5. The fourth-order valence-corrected chi connectivity index (χ4v) is 12.3. The van der Waals surface area contributed by atoms with Crippen molar-refractivity contribution in [2.45, 2.75) is 197 Å². The lowest BCUT2D eigenvalue weighted by molar-refractivity contribution is -0.0230. The minimum absolute atomic E-state index is 0.0356. The molecule has 304 valence electrons. The van der Waals surface area contributed by atoms with Crippen LogP contribution < -0.4 is 10.6 Å². The summed E-state index contributed by atoms with van der Waals surface area (Å²) in [4.78, 5) is 19.3. The summed E-state index contributed by atoms with van der Waals surface area (Å²) in [6, 6.07) is 2.77. The number of hydrogen-bond donors (Lipinski definition) is 2. The van der Waals surface area contributed by atoms with Crippen LogP contribution in [0.3, 0.4) is 0 Å². The van der Waals surface area contributed by atoms with Crippen LogP contribution in [0.2, 0.25) is 0 Å². The zero-order chi connectivity index (χ0) is 38.1. The van der Waals surface area contributed by atoms with Crippen molar-refractivity contribution in [2.24, 2.45) is 71.0 Å². The number of hydrogen-bond acceptors (Lipinski definition) is 3. The maximum absolute atomic E-state index is 13.2. The molecule has 0 saturated heterocycles. The van der Waals surface area contributed by atoms with Crippen molar-refractivity contribution in [3.05, 3.63) is 0 Å². The summed E-state index contributed by atoms with van der Waals surface area (Å²) in [6.45, 7) is 33.5. The Balaban J connectivity index is 1.35. The second-order valence-electron chi connectivity index (χ2n) is 20.9. The fraction of sp³-hybridized carbons (Fsp3) is 0.979. The number of carbonyl (C=O) groups is 1. The van der Waals surface area contributed by atoms with E-state index in [1.165, 1.54) is 77.0 Å². The van der Waals surface area contributed by atoms with Crippen molar-refractivity contribution in [3.63, 3.8) is 0 Å². The van der Waals surface area contributed by atoms with Gasteiger partial charge < -0.3 is 10.6 Å². The normalized spacial score (nSPS) is 36.3. The standard InChI is InChI=1S/C47H90N4O/c1-31(2)39-19-15-35(9)27-43(39)50(44-28-36(10)16-20-40(44)32(3)4)25-13-23-48-47(52)49-24-14-26-51(45-29-37(11)17-21-41(45)33(5)6)46-30-38(12)18-22-42(46)34(7)8/h31-46H,13-30H2,1-12H3,(H2,48,49,52). The quantitative estimate of drug-likeness (QED) is 0.156. The molecule has 2 N–H and O–H groups in total. The minimum atomic E-state index is 0.0356. The monoisotopic (exact) mass is 727 g/mol. The van der Waals surface area contributed by atoms with Crippen LogP contribution in [-0.2, 0) is 0 Å². The van der Waals surface area contributed by atoms with Gasteiger partial charge in [0.15, 0.2) is 0 Å². The van der Waals surface area contributed by atoms with E-state index in [1.54, 1.807) is 0 Å². The number of carbonyl (C=O) groups excluding carboxylic acids is 1. The van der Waals surface area contributed by atoms with Gasteiger partial charge in [0, 0.05) is 50.3 Å². The fourth-order valence-electron chi connectivity index (χ4n) is 12.3. The first-order valence-corrected chi connectivity index (χ1v) is 23.2. The minimum Gasteiger partial charge on any atom is -0.338 e. The zero-order valence-electron chi connectivity index (χ0n) is 36.8. The van der Waals surface area contributed by atoms with E-state index in [0.717, 1.165) is 110 Å². The first-order chi connectivity index (χ1) is 24.7. The average molecular weight is 727 g/mol. The third kappa shape index (κ3) is 12.1. The molecule has 4 rings (SSSR count). The second kappa shape index (κ2) is 20.9. The van der Waals surface area contributed by atoms with Gasteiger partial charge in [0.05, 0.1) is 0 Å². The van der Waals surface area contributed by atoms with Gasteiger partial charge in [0.1, 0.15) is 0 Å². The number of nitrogens with zero attached hydrogens (tertiary/aromatic N) is 2.